The third-order valence-corrected chi connectivity index (χ3v) is 4.04. The van der Waals surface area contributed by atoms with Gasteiger partial charge in [0.25, 0.3) is 5.95 Å². The van der Waals surface area contributed by atoms with Crippen molar-refractivity contribution in [3.8, 4) is 5.95 Å². The number of hydrogen-bond donors (Lipinski definition) is 1. The van der Waals surface area contributed by atoms with E-state index in [9.17, 15) is 0 Å². The van der Waals surface area contributed by atoms with Gasteiger partial charge in [-0.15, -0.1) is 0 Å². The van der Waals surface area contributed by atoms with E-state index in [2.05, 4.69) is 32.3 Å². The van der Waals surface area contributed by atoms with Gasteiger partial charge in [-0.05, 0) is 35.9 Å². The summed E-state index contributed by atoms with van der Waals surface area (Å²) in [4.78, 5) is 12.5. The van der Waals surface area contributed by atoms with Gasteiger partial charge in [0.15, 0.2) is 0 Å². The zero-order valence-corrected chi connectivity index (χ0v) is 12.1. The highest BCUT2D eigenvalue weighted by atomic mass is 35.5. The summed E-state index contributed by atoms with van der Waals surface area (Å²) in [6.45, 7) is 3.18. The first-order valence-corrected chi connectivity index (χ1v) is 7.25. The minimum Gasteiger partial charge on any atom is -0.354 e. The van der Waals surface area contributed by atoms with Gasteiger partial charge in [0, 0.05) is 18.9 Å². The monoisotopic (exact) mass is 292 g/mol. The maximum atomic E-state index is 5.95. The molecule has 1 fully saturated rings. The van der Waals surface area contributed by atoms with Crippen molar-refractivity contribution in [2.24, 2.45) is 11.8 Å². The molecule has 3 rings (SSSR count). The van der Waals surface area contributed by atoms with Crippen molar-refractivity contribution in [3.05, 3.63) is 23.7 Å². The van der Waals surface area contributed by atoms with Crippen molar-refractivity contribution < 1.29 is 0 Å². The fraction of sp³-hybridized carbons (Fsp3) is 0.538. The molecule has 1 aliphatic carbocycles. The Hall–Kier alpha value is -1.69. The smallest absolute Gasteiger partial charge is 0.256 e. The highest BCUT2D eigenvalue weighted by molar-refractivity contribution is 6.28. The van der Waals surface area contributed by atoms with E-state index in [0.717, 1.165) is 12.5 Å². The van der Waals surface area contributed by atoms with Crippen LogP contribution in [0, 0.1) is 11.8 Å². The third kappa shape index (κ3) is 2.90. The molecule has 2 heterocycles. The summed E-state index contributed by atoms with van der Waals surface area (Å²) >= 11 is 5.95. The highest BCUT2D eigenvalue weighted by Crippen LogP contribution is 2.31. The van der Waals surface area contributed by atoms with Gasteiger partial charge in [0.2, 0.25) is 11.2 Å². The van der Waals surface area contributed by atoms with Crippen LogP contribution in [0.5, 0.6) is 0 Å². The fourth-order valence-corrected chi connectivity index (χ4v) is 2.81. The molecule has 0 saturated heterocycles. The first-order chi connectivity index (χ1) is 9.72. The Balaban J connectivity index is 1.73. The van der Waals surface area contributed by atoms with E-state index in [0.29, 0.717) is 17.8 Å². The normalized spacial score (nSPS) is 22.1. The number of nitrogens with one attached hydrogen (secondary N) is 1. The molecule has 6 nitrogen and oxygen atoms in total. The predicted octanol–water partition coefficient (Wildman–Crippen LogP) is 2.56. The molecule has 0 bridgehead atoms. The van der Waals surface area contributed by atoms with E-state index in [1.807, 2.05) is 6.07 Å². The van der Waals surface area contributed by atoms with Crippen molar-refractivity contribution in [1.29, 1.82) is 0 Å². The molecule has 2 atom stereocenters. The SMILES string of the molecule is CC1CCCC1CNc1nc(Cl)nc(-n2cccn2)n1. The summed E-state index contributed by atoms with van der Waals surface area (Å²) in [6.07, 6.45) is 7.32. The van der Waals surface area contributed by atoms with Gasteiger partial charge >= 0.3 is 0 Å². The van der Waals surface area contributed by atoms with Crippen LogP contribution in [-0.4, -0.2) is 31.3 Å². The standard InChI is InChI=1S/C13H17ClN6/c1-9-4-2-5-10(9)8-15-12-17-11(14)18-13(19-12)20-7-3-6-16-20/h3,6-7,9-10H,2,4-5,8H2,1H3,(H,15,17,18,19). The Bertz CT molecular complexity index is 570. The number of nitrogens with zero attached hydrogens (tertiary/aromatic N) is 5. The minimum atomic E-state index is 0.174. The average Bonchev–Trinajstić information content (AvgIpc) is 3.07. The molecule has 1 aliphatic rings. The lowest BCUT2D eigenvalue weighted by molar-refractivity contribution is 0.439. The summed E-state index contributed by atoms with van der Waals surface area (Å²) in [5.74, 6) is 2.37. The molecule has 0 spiro atoms. The summed E-state index contributed by atoms with van der Waals surface area (Å²) in [6, 6.07) is 1.81. The van der Waals surface area contributed by atoms with Crippen molar-refractivity contribution in [3.63, 3.8) is 0 Å². The molecule has 106 valence electrons. The van der Waals surface area contributed by atoms with E-state index in [1.165, 1.54) is 19.3 Å². The molecule has 0 amide bonds. The van der Waals surface area contributed by atoms with Crippen molar-refractivity contribution in [2.75, 3.05) is 11.9 Å². The minimum absolute atomic E-state index is 0.174. The van der Waals surface area contributed by atoms with Crippen LogP contribution in [-0.2, 0) is 0 Å². The molecule has 2 unspecified atom stereocenters. The molecule has 0 radical (unpaired) electrons. The Morgan fingerprint density at radius 3 is 2.95 bits per heavy atom. The summed E-state index contributed by atoms with van der Waals surface area (Å²) < 4.78 is 1.57. The van der Waals surface area contributed by atoms with Crippen molar-refractivity contribution in [1.82, 2.24) is 24.7 Å². The summed E-state index contributed by atoms with van der Waals surface area (Å²) in [5, 5.41) is 7.54. The van der Waals surface area contributed by atoms with Crippen molar-refractivity contribution >= 4 is 17.5 Å². The van der Waals surface area contributed by atoms with Gasteiger partial charge in [0.1, 0.15) is 0 Å². The topological polar surface area (TPSA) is 68.5 Å². The van der Waals surface area contributed by atoms with Crippen LogP contribution in [0.15, 0.2) is 18.5 Å². The molecule has 1 saturated carbocycles. The van der Waals surface area contributed by atoms with Gasteiger partial charge < -0.3 is 5.32 Å². The van der Waals surface area contributed by atoms with Crippen LogP contribution in [0.25, 0.3) is 5.95 Å². The molecule has 7 heteroatoms. The largest absolute Gasteiger partial charge is 0.354 e. The molecule has 2 aromatic heterocycles. The van der Waals surface area contributed by atoms with E-state index >= 15 is 0 Å². The van der Waals surface area contributed by atoms with E-state index in [-0.39, 0.29) is 5.28 Å². The molecule has 2 aromatic rings. The van der Waals surface area contributed by atoms with E-state index < -0.39 is 0 Å². The molecule has 0 aliphatic heterocycles. The zero-order chi connectivity index (χ0) is 13.9. The van der Waals surface area contributed by atoms with Crippen LogP contribution >= 0.6 is 11.6 Å². The summed E-state index contributed by atoms with van der Waals surface area (Å²) in [7, 11) is 0. The molecular formula is C13H17ClN6. The lowest BCUT2D eigenvalue weighted by atomic mass is 9.98. The van der Waals surface area contributed by atoms with Crippen LogP contribution in [0.2, 0.25) is 5.28 Å². The molecule has 0 aromatic carbocycles. The Labute approximate surface area is 122 Å². The van der Waals surface area contributed by atoms with E-state index in [4.69, 9.17) is 11.6 Å². The zero-order valence-electron chi connectivity index (χ0n) is 11.3. The van der Waals surface area contributed by atoms with Crippen LogP contribution in [0.3, 0.4) is 0 Å². The summed E-state index contributed by atoms with van der Waals surface area (Å²) in [5.41, 5.74) is 0. The predicted molar refractivity (Wildman–Crippen MR) is 77.0 cm³/mol. The van der Waals surface area contributed by atoms with Gasteiger partial charge in [0.05, 0.1) is 0 Å². The Kier molecular flexibility index (Phi) is 3.82. The first kappa shape index (κ1) is 13.3. The highest BCUT2D eigenvalue weighted by Gasteiger charge is 2.23. The fourth-order valence-electron chi connectivity index (χ4n) is 2.66. The Morgan fingerprint density at radius 2 is 2.25 bits per heavy atom. The van der Waals surface area contributed by atoms with Gasteiger partial charge in [-0.25, -0.2) is 4.68 Å². The number of halogens is 1. The second kappa shape index (κ2) is 5.75. The molecular weight excluding hydrogens is 276 g/mol. The van der Waals surface area contributed by atoms with Gasteiger partial charge in [-0.2, -0.15) is 20.1 Å². The van der Waals surface area contributed by atoms with Crippen LogP contribution < -0.4 is 5.32 Å². The number of rotatable bonds is 4. The molecule has 1 N–H and O–H groups in total. The number of hydrogen-bond acceptors (Lipinski definition) is 5. The first-order valence-electron chi connectivity index (χ1n) is 6.88. The maximum absolute atomic E-state index is 5.95. The van der Waals surface area contributed by atoms with Gasteiger partial charge in [-0.1, -0.05) is 19.8 Å². The Morgan fingerprint density at radius 1 is 1.35 bits per heavy atom. The quantitative estimate of drug-likeness (QED) is 0.938. The van der Waals surface area contributed by atoms with E-state index in [1.54, 1.807) is 17.1 Å². The van der Waals surface area contributed by atoms with Crippen molar-refractivity contribution in [2.45, 2.75) is 26.2 Å². The molecule has 20 heavy (non-hydrogen) atoms. The van der Waals surface area contributed by atoms with Crippen LogP contribution in [0.1, 0.15) is 26.2 Å². The van der Waals surface area contributed by atoms with Gasteiger partial charge in [-0.3, -0.25) is 0 Å². The van der Waals surface area contributed by atoms with Crippen LogP contribution in [0.4, 0.5) is 5.95 Å². The maximum Gasteiger partial charge on any atom is 0.256 e. The number of anilines is 1. The second-order valence-corrected chi connectivity index (χ2v) is 5.57. The lowest BCUT2D eigenvalue weighted by Crippen LogP contribution is -2.18. The average molecular weight is 293 g/mol. The lowest BCUT2D eigenvalue weighted by Gasteiger charge is -2.15. The second-order valence-electron chi connectivity index (χ2n) is 5.23. The number of aromatic nitrogens is 5. The third-order valence-electron chi connectivity index (χ3n) is 3.87.